The maximum Gasteiger partial charge on any atom is 0.0441 e. The van der Waals surface area contributed by atoms with Crippen LogP contribution >= 0.6 is 11.8 Å². The summed E-state index contributed by atoms with van der Waals surface area (Å²) in [5.74, 6) is 0. The van der Waals surface area contributed by atoms with E-state index in [9.17, 15) is 0 Å². The summed E-state index contributed by atoms with van der Waals surface area (Å²) in [7, 11) is 0. The minimum Gasteiger partial charge on any atom is -0.396 e. The Morgan fingerprint density at radius 2 is 2.20 bits per heavy atom. The van der Waals surface area contributed by atoms with E-state index >= 15 is 0 Å². The second-order valence-electron chi connectivity index (χ2n) is 3.68. The van der Waals surface area contributed by atoms with Gasteiger partial charge in [-0.25, -0.2) is 0 Å². The van der Waals surface area contributed by atoms with Crippen molar-refractivity contribution in [2.24, 2.45) is 0 Å². The van der Waals surface area contributed by atoms with Gasteiger partial charge >= 0.3 is 0 Å². The van der Waals surface area contributed by atoms with Gasteiger partial charge in [-0.2, -0.15) is 0 Å². The summed E-state index contributed by atoms with van der Waals surface area (Å²) >= 11 is 1.82. The standard InChI is InChI=1S/C12H19NOS/c1-3-4-11(7-8-14)15-12-6-5-10(2)13-9-12/h5-6,9,11,14H,3-4,7-8H2,1-2H3. The molecule has 0 fully saturated rings. The third-order valence-corrected chi connectivity index (χ3v) is 3.57. The van der Waals surface area contributed by atoms with Crippen LogP contribution in [0.1, 0.15) is 31.9 Å². The third-order valence-electron chi connectivity index (χ3n) is 2.25. The molecule has 0 aliphatic rings. The smallest absolute Gasteiger partial charge is 0.0441 e. The van der Waals surface area contributed by atoms with Gasteiger partial charge in [-0.3, -0.25) is 4.98 Å². The number of hydrogen-bond donors (Lipinski definition) is 1. The van der Waals surface area contributed by atoms with Crippen LogP contribution in [0.5, 0.6) is 0 Å². The molecule has 1 N–H and O–H groups in total. The largest absolute Gasteiger partial charge is 0.396 e. The van der Waals surface area contributed by atoms with E-state index in [1.165, 1.54) is 4.90 Å². The lowest BCUT2D eigenvalue weighted by molar-refractivity contribution is 0.285. The van der Waals surface area contributed by atoms with Gasteiger partial charge in [0, 0.05) is 28.6 Å². The molecule has 2 nitrogen and oxygen atoms in total. The molecule has 1 unspecified atom stereocenters. The molecule has 1 heterocycles. The average molecular weight is 225 g/mol. The van der Waals surface area contributed by atoms with Gasteiger partial charge in [0.1, 0.15) is 0 Å². The number of aliphatic hydroxyl groups excluding tert-OH is 1. The molecule has 0 radical (unpaired) electrons. The molecule has 1 aromatic rings. The number of aliphatic hydroxyl groups is 1. The highest BCUT2D eigenvalue weighted by molar-refractivity contribution is 8.00. The number of hydrogen-bond acceptors (Lipinski definition) is 3. The second kappa shape index (κ2) is 6.85. The Kier molecular flexibility index (Phi) is 5.73. The van der Waals surface area contributed by atoms with E-state index in [-0.39, 0.29) is 6.61 Å². The van der Waals surface area contributed by atoms with Gasteiger partial charge < -0.3 is 5.11 Å². The molecular formula is C12H19NOS. The van der Waals surface area contributed by atoms with Crippen LogP contribution in [0.15, 0.2) is 23.2 Å². The number of aryl methyl sites for hydroxylation is 1. The molecule has 1 rings (SSSR count). The zero-order valence-corrected chi connectivity index (χ0v) is 10.3. The highest BCUT2D eigenvalue weighted by atomic mass is 32.2. The highest BCUT2D eigenvalue weighted by Gasteiger charge is 2.08. The van der Waals surface area contributed by atoms with Crippen LogP contribution in [0.2, 0.25) is 0 Å². The second-order valence-corrected chi connectivity index (χ2v) is 5.05. The summed E-state index contributed by atoms with van der Waals surface area (Å²) in [5.41, 5.74) is 1.05. The van der Waals surface area contributed by atoms with Gasteiger partial charge in [0.15, 0.2) is 0 Å². The topological polar surface area (TPSA) is 33.1 Å². The van der Waals surface area contributed by atoms with Crippen LogP contribution in [-0.2, 0) is 0 Å². The van der Waals surface area contributed by atoms with Gasteiger partial charge in [-0.05, 0) is 31.9 Å². The molecule has 0 aromatic carbocycles. The van der Waals surface area contributed by atoms with Crippen LogP contribution in [0, 0.1) is 6.92 Å². The Hall–Kier alpha value is -0.540. The zero-order chi connectivity index (χ0) is 11.1. The predicted octanol–water partition coefficient (Wildman–Crippen LogP) is 3.03. The first-order valence-corrected chi connectivity index (χ1v) is 6.34. The lowest BCUT2D eigenvalue weighted by atomic mass is 10.2. The minimum atomic E-state index is 0.275. The first-order valence-electron chi connectivity index (χ1n) is 5.46. The number of nitrogens with zero attached hydrogens (tertiary/aromatic N) is 1. The van der Waals surface area contributed by atoms with Crippen molar-refractivity contribution in [3.63, 3.8) is 0 Å². The van der Waals surface area contributed by atoms with Crippen LogP contribution < -0.4 is 0 Å². The molecule has 3 heteroatoms. The Morgan fingerprint density at radius 1 is 1.40 bits per heavy atom. The van der Waals surface area contributed by atoms with Crippen LogP contribution in [-0.4, -0.2) is 21.9 Å². The summed E-state index contributed by atoms with van der Waals surface area (Å²) in [6.45, 7) is 4.45. The summed E-state index contributed by atoms with van der Waals surface area (Å²) in [5, 5.41) is 9.47. The molecular weight excluding hydrogens is 206 g/mol. The first-order chi connectivity index (χ1) is 7.26. The van der Waals surface area contributed by atoms with Crippen molar-refractivity contribution in [3.05, 3.63) is 24.0 Å². The van der Waals surface area contributed by atoms with Gasteiger partial charge in [0.25, 0.3) is 0 Å². The van der Waals surface area contributed by atoms with Crippen LogP contribution in [0.25, 0.3) is 0 Å². The molecule has 0 aliphatic carbocycles. The van der Waals surface area contributed by atoms with E-state index in [0.717, 1.165) is 25.0 Å². The number of pyridine rings is 1. The maximum atomic E-state index is 8.96. The Morgan fingerprint density at radius 3 is 2.73 bits per heavy atom. The molecule has 1 atom stereocenters. The third kappa shape index (κ3) is 4.67. The molecule has 15 heavy (non-hydrogen) atoms. The zero-order valence-electron chi connectivity index (χ0n) is 9.44. The van der Waals surface area contributed by atoms with E-state index in [4.69, 9.17) is 5.11 Å². The molecule has 0 spiro atoms. The fourth-order valence-electron chi connectivity index (χ4n) is 1.44. The average Bonchev–Trinajstić information content (AvgIpc) is 2.22. The quantitative estimate of drug-likeness (QED) is 0.755. The normalized spacial score (nSPS) is 12.7. The fraction of sp³-hybridized carbons (Fsp3) is 0.583. The van der Waals surface area contributed by atoms with E-state index < -0.39 is 0 Å². The predicted molar refractivity (Wildman–Crippen MR) is 65.2 cm³/mol. The first kappa shape index (κ1) is 12.5. The van der Waals surface area contributed by atoms with E-state index in [1.807, 2.05) is 30.9 Å². The van der Waals surface area contributed by atoms with Crippen molar-refractivity contribution in [3.8, 4) is 0 Å². The minimum absolute atomic E-state index is 0.275. The van der Waals surface area contributed by atoms with Gasteiger partial charge in [-0.1, -0.05) is 13.3 Å². The molecule has 1 aromatic heterocycles. The van der Waals surface area contributed by atoms with Crippen LogP contribution in [0.3, 0.4) is 0 Å². The molecule has 0 aliphatic heterocycles. The van der Waals surface area contributed by atoms with Crippen molar-refractivity contribution in [2.45, 2.75) is 43.3 Å². The lowest BCUT2D eigenvalue weighted by Gasteiger charge is -2.13. The molecule has 0 bridgehead atoms. The summed E-state index contributed by atoms with van der Waals surface area (Å²) in [6.07, 6.45) is 5.10. The molecule has 84 valence electrons. The van der Waals surface area contributed by atoms with Crippen molar-refractivity contribution in [1.82, 2.24) is 4.98 Å². The van der Waals surface area contributed by atoms with E-state index in [0.29, 0.717) is 5.25 Å². The van der Waals surface area contributed by atoms with E-state index in [1.54, 1.807) is 0 Å². The molecule has 0 saturated carbocycles. The van der Waals surface area contributed by atoms with Crippen molar-refractivity contribution in [2.75, 3.05) is 6.61 Å². The van der Waals surface area contributed by atoms with E-state index in [2.05, 4.69) is 18.0 Å². The summed E-state index contributed by atoms with van der Waals surface area (Å²) in [4.78, 5) is 5.47. The Bertz CT molecular complexity index is 267. The monoisotopic (exact) mass is 225 g/mol. The molecule has 0 saturated heterocycles. The number of thioether (sulfide) groups is 1. The lowest BCUT2D eigenvalue weighted by Crippen LogP contribution is -2.04. The van der Waals surface area contributed by atoms with Gasteiger partial charge in [-0.15, -0.1) is 11.8 Å². The Balaban J connectivity index is 2.53. The number of aromatic nitrogens is 1. The van der Waals surface area contributed by atoms with Crippen molar-refractivity contribution in [1.29, 1.82) is 0 Å². The van der Waals surface area contributed by atoms with Gasteiger partial charge in [0.2, 0.25) is 0 Å². The number of rotatable bonds is 6. The van der Waals surface area contributed by atoms with Gasteiger partial charge in [0.05, 0.1) is 0 Å². The highest BCUT2D eigenvalue weighted by Crippen LogP contribution is 2.27. The van der Waals surface area contributed by atoms with Crippen LogP contribution in [0.4, 0.5) is 0 Å². The summed E-state index contributed by atoms with van der Waals surface area (Å²) < 4.78 is 0. The molecule has 0 amide bonds. The summed E-state index contributed by atoms with van der Waals surface area (Å²) in [6, 6.07) is 4.14. The fourth-order valence-corrected chi connectivity index (χ4v) is 2.67. The maximum absolute atomic E-state index is 8.96. The SMILES string of the molecule is CCCC(CCO)Sc1ccc(C)nc1. The van der Waals surface area contributed by atoms with Crippen molar-refractivity contribution >= 4 is 11.8 Å². The Labute approximate surface area is 96.1 Å². The van der Waals surface area contributed by atoms with Crippen molar-refractivity contribution < 1.29 is 5.11 Å².